The molecule has 1 saturated heterocycles. The fourth-order valence-electron chi connectivity index (χ4n) is 5.02. The fourth-order valence-corrected chi connectivity index (χ4v) is 5.14. The van der Waals surface area contributed by atoms with Crippen molar-refractivity contribution >= 4 is 29.0 Å². The van der Waals surface area contributed by atoms with E-state index < -0.39 is 0 Å². The van der Waals surface area contributed by atoms with Crippen LogP contribution in [0.15, 0.2) is 48.7 Å². The van der Waals surface area contributed by atoms with Crippen LogP contribution in [0.25, 0.3) is 10.9 Å². The summed E-state index contributed by atoms with van der Waals surface area (Å²) in [7, 11) is 0. The van der Waals surface area contributed by atoms with Gasteiger partial charge in [0.05, 0.1) is 12.1 Å². The normalized spacial score (nSPS) is 14.9. The Hall–Kier alpha value is -2.45. The summed E-state index contributed by atoms with van der Waals surface area (Å²) < 4.78 is 22.4. The van der Waals surface area contributed by atoms with E-state index >= 15 is 0 Å². The van der Waals surface area contributed by atoms with Crippen molar-refractivity contribution in [1.82, 2.24) is 14.8 Å². The van der Waals surface area contributed by atoms with E-state index in [2.05, 4.69) is 41.6 Å². The number of ether oxygens (including phenoxy) is 1. The first kappa shape index (κ1) is 30.1. The number of halogens is 2. The largest absolute Gasteiger partial charge is 0.483 e. The van der Waals surface area contributed by atoms with Crippen LogP contribution in [0, 0.1) is 11.7 Å². The van der Waals surface area contributed by atoms with Gasteiger partial charge in [0, 0.05) is 48.4 Å². The predicted molar refractivity (Wildman–Crippen MR) is 152 cm³/mol. The minimum atomic E-state index is -0.250. The maximum absolute atomic E-state index is 14.4. The van der Waals surface area contributed by atoms with Gasteiger partial charge in [0.25, 0.3) is 6.47 Å². The Morgan fingerprint density at radius 2 is 1.82 bits per heavy atom. The molecule has 6 nitrogen and oxygen atoms in total. The van der Waals surface area contributed by atoms with Gasteiger partial charge >= 0.3 is 0 Å². The summed E-state index contributed by atoms with van der Waals surface area (Å²) in [6.45, 7) is 12.6. The second kappa shape index (κ2) is 14.6. The highest BCUT2D eigenvalue weighted by molar-refractivity contribution is 6.30. The molecule has 8 heteroatoms. The van der Waals surface area contributed by atoms with Crippen LogP contribution in [0.3, 0.4) is 0 Å². The van der Waals surface area contributed by atoms with E-state index in [4.69, 9.17) is 26.2 Å². The standard InChI is InChI=1S/C29H39ClFN3O.CH2O2/c1-29(2,3)34-14-8-22(9-15-34)11-16-35-17-12-32-20-24-18-26(31)19-28-27(24)10-13-33(28)21-23-4-6-25(30)7-5-23;2-1-3/h4-7,10,13,18-19,22,32H,8-9,11-12,14-17,20-21H2,1-3H3;1H,(H,2,3). The van der Waals surface area contributed by atoms with Gasteiger partial charge in [-0.25, -0.2) is 4.39 Å². The monoisotopic (exact) mass is 545 g/mol. The number of piperidine rings is 1. The van der Waals surface area contributed by atoms with Crippen molar-refractivity contribution in [2.45, 2.75) is 58.7 Å². The van der Waals surface area contributed by atoms with E-state index in [-0.39, 0.29) is 17.8 Å². The molecule has 0 radical (unpaired) electrons. The van der Waals surface area contributed by atoms with Crippen LogP contribution in [-0.2, 0) is 22.6 Å². The zero-order valence-corrected chi connectivity index (χ0v) is 23.5. The molecule has 1 fully saturated rings. The molecule has 4 rings (SSSR count). The van der Waals surface area contributed by atoms with Gasteiger partial charge < -0.3 is 19.7 Å². The summed E-state index contributed by atoms with van der Waals surface area (Å²) in [5.74, 6) is 0.568. The zero-order valence-electron chi connectivity index (χ0n) is 22.8. The van der Waals surface area contributed by atoms with Gasteiger partial charge in [-0.2, -0.15) is 0 Å². The molecule has 0 amide bonds. The second-order valence-electron chi connectivity index (χ2n) is 10.9. The summed E-state index contributed by atoms with van der Waals surface area (Å²) in [5.41, 5.74) is 3.29. The van der Waals surface area contributed by atoms with Crippen molar-refractivity contribution in [2.75, 3.05) is 32.8 Å². The average molecular weight is 546 g/mol. The lowest BCUT2D eigenvalue weighted by molar-refractivity contribution is -0.122. The molecule has 3 aromatic rings. The lowest BCUT2D eigenvalue weighted by Crippen LogP contribution is -2.46. The third-order valence-corrected chi connectivity index (χ3v) is 7.43. The molecule has 0 aliphatic carbocycles. The van der Waals surface area contributed by atoms with Crippen LogP contribution in [0.1, 0.15) is 51.2 Å². The first-order chi connectivity index (χ1) is 18.2. The molecule has 208 valence electrons. The van der Waals surface area contributed by atoms with Gasteiger partial charge in [-0.15, -0.1) is 0 Å². The van der Waals surface area contributed by atoms with Crippen molar-refractivity contribution in [3.63, 3.8) is 0 Å². The Balaban J connectivity index is 0.00000127. The van der Waals surface area contributed by atoms with Crippen molar-refractivity contribution in [3.8, 4) is 0 Å². The number of rotatable bonds is 10. The first-order valence-electron chi connectivity index (χ1n) is 13.3. The Morgan fingerprint density at radius 3 is 2.47 bits per heavy atom. The molecule has 2 heterocycles. The number of hydrogen-bond donors (Lipinski definition) is 2. The summed E-state index contributed by atoms with van der Waals surface area (Å²) in [6, 6.07) is 13.1. The molecule has 2 aromatic carbocycles. The highest BCUT2D eigenvalue weighted by atomic mass is 35.5. The number of fused-ring (bicyclic) bond motifs is 1. The second-order valence-corrected chi connectivity index (χ2v) is 11.3. The summed E-state index contributed by atoms with van der Waals surface area (Å²) in [6.07, 6.45) is 5.71. The van der Waals surface area contributed by atoms with Crippen molar-refractivity contribution in [3.05, 3.63) is 70.6 Å². The van der Waals surface area contributed by atoms with Gasteiger partial charge in [-0.05, 0) is 100 Å². The maximum atomic E-state index is 14.4. The van der Waals surface area contributed by atoms with Crippen LogP contribution in [-0.4, -0.2) is 59.4 Å². The van der Waals surface area contributed by atoms with Gasteiger partial charge in [0.1, 0.15) is 5.82 Å². The molecule has 0 atom stereocenters. The van der Waals surface area contributed by atoms with Gasteiger partial charge in [0.2, 0.25) is 0 Å². The number of likely N-dealkylation sites (tertiary alicyclic amines) is 1. The van der Waals surface area contributed by atoms with Crippen LogP contribution in [0.5, 0.6) is 0 Å². The Morgan fingerprint density at radius 1 is 1.13 bits per heavy atom. The molecule has 0 saturated carbocycles. The van der Waals surface area contributed by atoms with E-state index in [9.17, 15) is 4.39 Å². The maximum Gasteiger partial charge on any atom is 0.290 e. The molecule has 1 aliphatic rings. The van der Waals surface area contributed by atoms with Gasteiger partial charge in [0.15, 0.2) is 0 Å². The number of carbonyl (C=O) groups is 1. The van der Waals surface area contributed by atoms with E-state index in [1.54, 1.807) is 12.1 Å². The molecule has 38 heavy (non-hydrogen) atoms. The van der Waals surface area contributed by atoms with E-state index in [1.807, 2.05) is 30.5 Å². The molecular weight excluding hydrogens is 505 g/mol. The first-order valence-corrected chi connectivity index (χ1v) is 13.7. The fraction of sp³-hybridized carbons (Fsp3) is 0.500. The van der Waals surface area contributed by atoms with Crippen LogP contribution >= 0.6 is 11.6 Å². The summed E-state index contributed by atoms with van der Waals surface area (Å²) in [5, 5.41) is 12.1. The van der Waals surface area contributed by atoms with E-state index in [1.165, 1.54) is 25.9 Å². The molecule has 0 spiro atoms. The SMILES string of the molecule is CC(C)(C)N1CCC(CCOCCNCc2cc(F)cc3c2ccn3Cc2ccc(Cl)cc2)CC1.O=CO. The van der Waals surface area contributed by atoms with Crippen LogP contribution in [0.2, 0.25) is 5.02 Å². The molecule has 0 unspecified atom stereocenters. The quantitative estimate of drug-likeness (QED) is 0.235. The Labute approximate surface area is 230 Å². The minimum Gasteiger partial charge on any atom is -0.483 e. The van der Waals surface area contributed by atoms with Crippen LogP contribution in [0.4, 0.5) is 4.39 Å². The van der Waals surface area contributed by atoms with Gasteiger partial charge in [-0.1, -0.05) is 23.7 Å². The number of nitrogens with one attached hydrogen (secondary N) is 1. The average Bonchev–Trinajstić information content (AvgIpc) is 3.27. The van der Waals surface area contributed by atoms with E-state index in [0.717, 1.165) is 52.5 Å². The number of hydrogen-bond acceptors (Lipinski definition) is 4. The highest BCUT2D eigenvalue weighted by Crippen LogP contribution is 2.26. The number of carboxylic acid groups (broad SMARTS) is 1. The lowest BCUT2D eigenvalue weighted by atomic mass is 9.91. The summed E-state index contributed by atoms with van der Waals surface area (Å²) in [4.78, 5) is 10.9. The van der Waals surface area contributed by atoms with Gasteiger partial charge in [-0.3, -0.25) is 9.69 Å². The number of aromatic nitrogens is 1. The molecule has 1 aromatic heterocycles. The number of benzene rings is 2. The van der Waals surface area contributed by atoms with Crippen molar-refractivity contribution < 1.29 is 19.0 Å². The third-order valence-electron chi connectivity index (χ3n) is 7.18. The Bertz CT molecular complexity index is 1140. The summed E-state index contributed by atoms with van der Waals surface area (Å²) >= 11 is 6.00. The van der Waals surface area contributed by atoms with E-state index in [0.29, 0.717) is 19.7 Å². The van der Waals surface area contributed by atoms with Crippen LogP contribution < -0.4 is 5.32 Å². The molecule has 0 bridgehead atoms. The third kappa shape index (κ3) is 9.09. The smallest absolute Gasteiger partial charge is 0.290 e. The zero-order chi connectivity index (χ0) is 27.5. The highest BCUT2D eigenvalue weighted by Gasteiger charge is 2.26. The topological polar surface area (TPSA) is 66.7 Å². The minimum absolute atomic E-state index is 0.209. The lowest BCUT2D eigenvalue weighted by Gasteiger charge is -2.40. The molecular formula is C30H41ClFN3O3. The predicted octanol–water partition coefficient (Wildman–Crippen LogP) is 6.19. The van der Waals surface area contributed by atoms with Crippen molar-refractivity contribution in [1.29, 1.82) is 0 Å². The molecule has 2 N–H and O–H groups in total. The Kier molecular flexibility index (Phi) is 11.6. The van der Waals surface area contributed by atoms with Crippen molar-refractivity contribution in [2.24, 2.45) is 5.92 Å². The number of nitrogens with zero attached hydrogens (tertiary/aromatic N) is 2. The molecule has 1 aliphatic heterocycles.